The van der Waals surface area contributed by atoms with Crippen LogP contribution in [0.15, 0.2) is 72.8 Å². The molecule has 0 spiro atoms. The Kier molecular flexibility index (Phi) is 3.16. The van der Waals surface area contributed by atoms with E-state index >= 15 is 0 Å². The minimum atomic E-state index is 0.522. The van der Waals surface area contributed by atoms with E-state index in [9.17, 15) is 0 Å². The molecule has 0 atom stereocenters. The average molecular weight is 286 g/mol. The molecule has 1 aromatic heterocycles. The highest BCUT2D eigenvalue weighted by Crippen LogP contribution is 2.25. The Morgan fingerprint density at radius 1 is 0.636 bits per heavy atom. The summed E-state index contributed by atoms with van der Waals surface area (Å²) in [5, 5.41) is 0. The molecular formula is C19H14N2O. The van der Waals surface area contributed by atoms with Gasteiger partial charge in [-0.05, 0) is 29.8 Å². The predicted octanol–water partition coefficient (Wildman–Crippen LogP) is 4.36. The number of nitrogens with zero attached hydrogens (tertiary/aromatic N) is 2. The lowest BCUT2D eigenvalue weighted by Crippen LogP contribution is -1.97. The summed E-state index contributed by atoms with van der Waals surface area (Å²) in [6.07, 6.45) is 0. The van der Waals surface area contributed by atoms with E-state index in [0.29, 0.717) is 6.61 Å². The topological polar surface area (TPSA) is 35.0 Å². The lowest BCUT2D eigenvalue weighted by atomic mass is 10.2. The summed E-state index contributed by atoms with van der Waals surface area (Å²) in [5.41, 5.74) is 4.57. The summed E-state index contributed by atoms with van der Waals surface area (Å²) in [7, 11) is 0. The molecule has 0 aliphatic heterocycles. The minimum absolute atomic E-state index is 0.522. The first kappa shape index (κ1) is 12.8. The maximum Gasteiger partial charge on any atom is 0.147 e. The summed E-state index contributed by atoms with van der Waals surface area (Å²) in [5.74, 6) is 0.764. The van der Waals surface area contributed by atoms with Gasteiger partial charge < -0.3 is 4.74 Å². The summed E-state index contributed by atoms with van der Waals surface area (Å²) >= 11 is 0. The molecule has 0 N–H and O–H groups in total. The lowest BCUT2D eigenvalue weighted by molar-refractivity contribution is 0.309. The van der Waals surface area contributed by atoms with Crippen LogP contribution < -0.4 is 4.74 Å². The van der Waals surface area contributed by atoms with E-state index in [1.165, 1.54) is 0 Å². The van der Waals surface area contributed by atoms with Gasteiger partial charge in [0.1, 0.15) is 17.9 Å². The van der Waals surface area contributed by atoms with Crippen LogP contribution in [0.2, 0.25) is 0 Å². The van der Waals surface area contributed by atoms with Crippen LogP contribution in [0.25, 0.3) is 22.1 Å². The van der Waals surface area contributed by atoms with Crippen LogP contribution in [-0.4, -0.2) is 9.97 Å². The van der Waals surface area contributed by atoms with Crippen LogP contribution in [0, 0.1) is 0 Å². The molecule has 0 saturated carbocycles. The lowest BCUT2D eigenvalue weighted by Gasteiger charge is -2.09. The SMILES string of the molecule is c1ccc(COc2cccc3nc4ccccc4nc23)cc1. The summed E-state index contributed by atoms with van der Waals surface area (Å²) in [6, 6.07) is 23.8. The molecule has 0 bridgehead atoms. The van der Waals surface area contributed by atoms with Crippen LogP contribution in [0.5, 0.6) is 5.75 Å². The second-order valence-corrected chi connectivity index (χ2v) is 5.11. The minimum Gasteiger partial charge on any atom is -0.487 e. The molecule has 4 rings (SSSR count). The van der Waals surface area contributed by atoms with E-state index < -0.39 is 0 Å². The predicted molar refractivity (Wildman–Crippen MR) is 87.8 cm³/mol. The monoisotopic (exact) mass is 286 g/mol. The molecule has 0 saturated heterocycles. The van der Waals surface area contributed by atoms with Gasteiger partial charge in [0.05, 0.1) is 16.6 Å². The zero-order valence-electron chi connectivity index (χ0n) is 11.9. The van der Waals surface area contributed by atoms with Crippen molar-refractivity contribution in [2.45, 2.75) is 6.61 Å². The fourth-order valence-corrected chi connectivity index (χ4v) is 2.47. The molecule has 0 radical (unpaired) electrons. The van der Waals surface area contributed by atoms with Crippen LogP contribution in [0.3, 0.4) is 0 Å². The third-order valence-corrected chi connectivity index (χ3v) is 3.57. The number of para-hydroxylation sites is 3. The van der Waals surface area contributed by atoms with E-state index in [4.69, 9.17) is 9.72 Å². The van der Waals surface area contributed by atoms with Gasteiger partial charge in [-0.2, -0.15) is 0 Å². The molecule has 0 unspecified atom stereocenters. The van der Waals surface area contributed by atoms with Crippen molar-refractivity contribution in [3.05, 3.63) is 78.4 Å². The van der Waals surface area contributed by atoms with E-state index in [2.05, 4.69) is 4.98 Å². The Balaban J connectivity index is 1.75. The van der Waals surface area contributed by atoms with Crippen molar-refractivity contribution in [3.8, 4) is 5.75 Å². The van der Waals surface area contributed by atoms with Gasteiger partial charge in [-0.25, -0.2) is 9.97 Å². The first-order valence-corrected chi connectivity index (χ1v) is 7.22. The highest BCUT2D eigenvalue weighted by molar-refractivity contribution is 5.89. The van der Waals surface area contributed by atoms with Crippen molar-refractivity contribution in [1.82, 2.24) is 9.97 Å². The molecule has 22 heavy (non-hydrogen) atoms. The zero-order valence-corrected chi connectivity index (χ0v) is 11.9. The normalized spacial score (nSPS) is 10.9. The molecule has 3 aromatic carbocycles. The van der Waals surface area contributed by atoms with Crippen LogP contribution >= 0.6 is 0 Å². The van der Waals surface area contributed by atoms with Crippen molar-refractivity contribution >= 4 is 22.1 Å². The van der Waals surface area contributed by atoms with Gasteiger partial charge >= 0.3 is 0 Å². The van der Waals surface area contributed by atoms with Gasteiger partial charge in [0.25, 0.3) is 0 Å². The van der Waals surface area contributed by atoms with Crippen LogP contribution in [0.4, 0.5) is 0 Å². The number of hydrogen-bond donors (Lipinski definition) is 0. The van der Waals surface area contributed by atoms with Gasteiger partial charge in [0.15, 0.2) is 0 Å². The fraction of sp³-hybridized carbons (Fsp3) is 0.0526. The van der Waals surface area contributed by atoms with Gasteiger partial charge in [-0.15, -0.1) is 0 Å². The Bertz CT molecular complexity index is 935. The van der Waals surface area contributed by atoms with Crippen LogP contribution in [-0.2, 0) is 6.61 Å². The van der Waals surface area contributed by atoms with Gasteiger partial charge in [0, 0.05) is 0 Å². The first-order valence-electron chi connectivity index (χ1n) is 7.22. The molecule has 0 aliphatic rings. The zero-order chi connectivity index (χ0) is 14.8. The molecule has 1 heterocycles. The smallest absolute Gasteiger partial charge is 0.147 e. The highest BCUT2D eigenvalue weighted by atomic mass is 16.5. The molecule has 0 aliphatic carbocycles. The summed E-state index contributed by atoms with van der Waals surface area (Å²) in [6.45, 7) is 0.522. The highest BCUT2D eigenvalue weighted by Gasteiger charge is 2.07. The third kappa shape index (κ3) is 2.37. The second-order valence-electron chi connectivity index (χ2n) is 5.11. The largest absolute Gasteiger partial charge is 0.487 e. The quantitative estimate of drug-likeness (QED) is 0.525. The number of fused-ring (bicyclic) bond motifs is 2. The number of hydrogen-bond acceptors (Lipinski definition) is 3. The molecule has 3 nitrogen and oxygen atoms in total. The van der Waals surface area contributed by atoms with E-state index in [-0.39, 0.29) is 0 Å². The Morgan fingerprint density at radius 2 is 1.32 bits per heavy atom. The molecule has 0 fully saturated rings. The molecular weight excluding hydrogens is 272 g/mol. The van der Waals surface area contributed by atoms with Crippen LogP contribution in [0.1, 0.15) is 5.56 Å². The van der Waals surface area contributed by atoms with E-state index in [0.717, 1.165) is 33.4 Å². The molecule has 106 valence electrons. The van der Waals surface area contributed by atoms with Gasteiger partial charge in [-0.1, -0.05) is 48.5 Å². The number of aromatic nitrogens is 2. The third-order valence-electron chi connectivity index (χ3n) is 3.57. The molecule has 3 heteroatoms. The maximum absolute atomic E-state index is 5.95. The first-order chi connectivity index (χ1) is 10.9. The number of benzene rings is 3. The standard InChI is InChI=1S/C19H14N2O/c1-2-7-14(8-3-1)13-22-18-12-6-11-17-19(18)21-16-10-5-4-9-15(16)20-17/h1-12H,13H2. The maximum atomic E-state index is 5.95. The Morgan fingerprint density at radius 3 is 2.14 bits per heavy atom. The van der Waals surface area contributed by atoms with E-state index in [1.807, 2.05) is 72.8 Å². The number of ether oxygens (including phenoxy) is 1. The average Bonchev–Trinajstić information content (AvgIpc) is 2.59. The van der Waals surface area contributed by atoms with Crippen molar-refractivity contribution in [3.63, 3.8) is 0 Å². The van der Waals surface area contributed by atoms with Gasteiger partial charge in [-0.3, -0.25) is 0 Å². The van der Waals surface area contributed by atoms with Crippen molar-refractivity contribution < 1.29 is 4.74 Å². The fourth-order valence-electron chi connectivity index (χ4n) is 2.47. The summed E-state index contributed by atoms with van der Waals surface area (Å²) < 4.78 is 5.95. The Labute approximate surface area is 128 Å². The van der Waals surface area contributed by atoms with Crippen molar-refractivity contribution in [1.29, 1.82) is 0 Å². The van der Waals surface area contributed by atoms with Gasteiger partial charge in [0.2, 0.25) is 0 Å². The van der Waals surface area contributed by atoms with Crippen molar-refractivity contribution in [2.24, 2.45) is 0 Å². The van der Waals surface area contributed by atoms with Crippen molar-refractivity contribution in [2.75, 3.05) is 0 Å². The summed E-state index contributed by atoms with van der Waals surface area (Å²) in [4.78, 5) is 9.35. The molecule has 0 amide bonds. The number of rotatable bonds is 3. The second kappa shape index (κ2) is 5.45. The Hall–Kier alpha value is -2.94. The molecule has 4 aromatic rings. The van der Waals surface area contributed by atoms with E-state index in [1.54, 1.807) is 0 Å².